The number of aryl methyl sites for hydroxylation is 2. The van der Waals surface area contributed by atoms with Crippen molar-refractivity contribution in [2.75, 3.05) is 11.9 Å². The third-order valence-electron chi connectivity index (χ3n) is 3.09. The van der Waals surface area contributed by atoms with Gasteiger partial charge in [-0.1, -0.05) is 13.0 Å². The van der Waals surface area contributed by atoms with Crippen LogP contribution in [0.25, 0.3) is 0 Å². The van der Waals surface area contributed by atoms with Crippen LogP contribution in [0.1, 0.15) is 36.0 Å². The second kappa shape index (κ2) is 3.06. The topological polar surface area (TPSA) is 12.0 Å². The van der Waals surface area contributed by atoms with Crippen LogP contribution >= 0.6 is 0 Å². The zero-order valence-corrected chi connectivity index (χ0v) is 8.65. The first-order valence-corrected chi connectivity index (χ1v) is 5.03. The third kappa shape index (κ3) is 1.43. The van der Waals surface area contributed by atoms with E-state index < -0.39 is 0 Å². The number of anilines is 1. The molecule has 0 unspecified atom stereocenters. The summed E-state index contributed by atoms with van der Waals surface area (Å²) in [5.74, 6) is 0.718. The van der Waals surface area contributed by atoms with Crippen molar-refractivity contribution in [2.45, 2.75) is 33.1 Å². The summed E-state index contributed by atoms with van der Waals surface area (Å²) in [5, 5.41) is 3.46. The molecule has 1 heterocycles. The van der Waals surface area contributed by atoms with Crippen LogP contribution < -0.4 is 5.32 Å². The van der Waals surface area contributed by atoms with Crippen LogP contribution in [0.15, 0.2) is 12.1 Å². The summed E-state index contributed by atoms with van der Waals surface area (Å²) in [6.45, 7) is 7.80. The van der Waals surface area contributed by atoms with Gasteiger partial charge in [-0.15, -0.1) is 0 Å². The summed E-state index contributed by atoms with van der Waals surface area (Å²) in [6, 6.07) is 4.61. The van der Waals surface area contributed by atoms with Gasteiger partial charge in [0, 0.05) is 12.2 Å². The lowest BCUT2D eigenvalue weighted by Gasteiger charge is -2.25. The predicted molar refractivity (Wildman–Crippen MR) is 57.4 cm³/mol. The molecule has 1 aromatic carbocycles. The first-order chi connectivity index (χ1) is 6.18. The molecule has 0 fully saturated rings. The first-order valence-electron chi connectivity index (χ1n) is 5.03. The molecule has 1 aromatic rings. The highest BCUT2D eigenvalue weighted by molar-refractivity contribution is 5.58. The van der Waals surface area contributed by atoms with Gasteiger partial charge in [-0.05, 0) is 48.9 Å². The van der Waals surface area contributed by atoms with E-state index in [0.717, 1.165) is 12.5 Å². The Morgan fingerprint density at radius 3 is 2.69 bits per heavy atom. The van der Waals surface area contributed by atoms with E-state index in [9.17, 15) is 0 Å². The molecule has 1 nitrogen and oxygen atoms in total. The minimum absolute atomic E-state index is 0.718. The molecule has 1 atom stereocenters. The Hall–Kier alpha value is -0.980. The van der Waals surface area contributed by atoms with Gasteiger partial charge >= 0.3 is 0 Å². The summed E-state index contributed by atoms with van der Waals surface area (Å²) in [7, 11) is 0. The molecule has 1 aliphatic heterocycles. The fourth-order valence-corrected chi connectivity index (χ4v) is 1.98. The molecule has 1 N–H and O–H groups in total. The highest BCUT2D eigenvalue weighted by atomic mass is 14.9. The van der Waals surface area contributed by atoms with Crippen molar-refractivity contribution in [2.24, 2.45) is 0 Å². The lowest BCUT2D eigenvalue weighted by Crippen LogP contribution is -2.15. The zero-order valence-electron chi connectivity index (χ0n) is 8.65. The Bertz CT molecular complexity index is 328. The minimum atomic E-state index is 0.718. The van der Waals surface area contributed by atoms with Gasteiger partial charge in [0.1, 0.15) is 0 Å². The second-order valence-electron chi connectivity index (χ2n) is 4.14. The molecule has 13 heavy (non-hydrogen) atoms. The number of nitrogens with one attached hydrogen (secondary N) is 1. The third-order valence-corrected chi connectivity index (χ3v) is 3.09. The van der Waals surface area contributed by atoms with Crippen molar-refractivity contribution < 1.29 is 0 Å². The SMILES string of the molecule is Cc1cc2c(cc1C)[C@@H](C)CCN2. The van der Waals surface area contributed by atoms with Crippen LogP contribution in [0.5, 0.6) is 0 Å². The van der Waals surface area contributed by atoms with Crippen LogP contribution in [0.4, 0.5) is 5.69 Å². The molecular formula is C12H17N. The lowest BCUT2D eigenvalue weighted by atomic mass is 9.90. The van der Waals surface area contributed by atoms with Crippen molar-refractivity contribution in [1.82, 2.24) is 0 Å². The van der Waals surface area contributed by atoms with E-state index in [-0.39, 0.29) is 0 Å². The Labute approximate surface area is 80.2 Å². The van der Waals surface area contributed by atoms with Crippen molar-refractivity contribution in [3.8, 4) is 0 Å². The molecular weight excluding hydrogens is 158 g/mol. The van der Waals surface area contributed by atoms with Crippen molar-refractivity contribution in [1.29, 1.82) is 0 Å². The summed E-state index contributed by atoms with van der Waals surface area (Å²) >= 11 is 0. The maximum absolute atomic E-state index is 3.46. The number of hydrogen-bond donors (Lipinski definition) is 1. The summed E-state index contributed by atoms with van der Waals surface area (Å²) in [5.41, 5.74) is 5.64. The number of benzene rings is 1. The van der Waals surface area contributed by atoms with Crippen LogP contribution in [-0.2, 0) is 0 Å². The fraction of sp³-hybridized carbons (Fsp3) is 0.500. The highest BCUT2D eigenvalue weighted by Gasteiger charge is 2.16. The van der Waals surface area contributed by atoms with Gasteiger partial charge in [-0.3, -0.25) is 0 Å². The quantitative estimate of drug-likeness (QED) is 0.638. The van der Waals surface area contributed by atoms with Crippen molar-refractivity contribution in [3.05, 3.63) is 28.8 Å². The highest BCUT2D eigenvalue weighted by Crippen LogP contribution is 2.32. The zero-order chi connectivity index (χ0) is 9.42. The molecule has 70 valence electrons. The second-order valence-corrected chi connectivity index (χ2v) is 4.14. The molecule has 0 spiro atoms. The molecule has 1 heteroatoms. The molecule has 0 saturated carbocycles. The number of fused-ring (bicyclic) bond motifs is 1. The van der Waals surface area contributed by atoms with E-state index >= 15 is 0 Å². The van der Waals surface area contributed by atoms with Gasteiger partial charge in [0.05, 0.1) is 0 Å². The summed E-state index contributed by atoms with van der Waals surface area (Å²) < 4.78 is 0. The van der Waals surface area contributed by atoms with Gasteiger partial charge in [-0.25, -0.2) is 0 Å². The molecule has 1 aliphatic rings. The summed E-state index contributed by atoms with van der Waals surface area (Å²) in [6.07, 6.45) is 1.26. The normalized spacial score (nSPS) is 20.7. The smallest absolute Gasteiger partial charge is 0.0378 e. The van der Waals surface area contributed by atoms with Gasteiger partial charge in [0.15, 0.2) is 0 Å². The van der Waals surface area contributed by atoms with E-state index in [4.69, 9.17) is 0 Å². The molecule has 0 aromatic heterocycles. The van der Waals surface area contributed by atoms with E-state index in [1.54, 1.807) is 0 Å². The fourth-order valence-electron chi connectivity index (χ4n) is 1.98. The van der Waals surface area contributed by atoms with E-state index in [2.05, 4.69) is 38.2 Å². The molecule has 0 bridgehead atoms. The maximum atomic E-state index is 3.46. The van der Waals surface area contributed by atoms with Gasteiger partial charge < -0.3 is 5.32 Å². The van der Waals surface area contributed by atoms with Crippen LogP contribution in [0, 0.1) is 13.8 Å². The average Bonchev–Trinajstić information content (AvgIpc) is 2.09. The molecule has 0 saturated heterocycles. The van der Waals surface area contributed by atoms with E-state index in [1.807, 2.05) is 0 Å². The first kappa shape index (κ1) is 8.61. The monoisotopic (exact) mass is 175 g/mol. The minimum Gasteiger partial charge on any atom is -0.385 e. The standard InChI is InChI=1S/C12H17N/c1-8-4-5-13-12-7-10(3)9(2)6-11(8)12/h6-8,13H,4-5H2,1-3H3/t8-/m0/s1. The van der Waals surface area contributed by atoms with Crippen LogP contribution in [0.3, 0.4) is 0 Å². The van der Waals surface area contributed by atoms with Crippen LogP contribution in [-0.4, -0.2) is 6.54 Å². The number of rotatable bonds is 0. The summed E-state index contributed by atoms with van der Waals surface area (Å²) in [4.78, 5) is 0. The predicted octanol–water partition coefficient (Wildman–Crippen LogP) is 3.22. The van der Waals surface area contributed by atoms with E-state index in [0.29, 0.717) is 0 Å². The van der Waals surface area contributed by atoms with Crippen molar-refractivity contribution in [3.63, 3.8) is 0 Å². The Balaban J connectivity index is 2.52. The molecule has 0 radical (unpaired) electrons. The Morgan fingerprint density at radius 2 is 1.92 bits per heavy atom. The Kier molecular flexibility index (Phi) is 2.03. The van der Waals surface area contributed by atoms with E-state index in [1.165, 1.54) is 28.8 Å². The number of hydrogen-bond acceptors (Lipinski definition) is 1. The molecule has 2 rings (SSSR count). The van der Waals surface area contributed by atoms with Crippen molar-refractivity contribution >= 4 is 5.69 Å². The van der Waals surface area contributed by atoms with Gasteiger partial charge in [0.25, 0.3) is 0 Å². The average molecular weight is 175 g/mol. The molecule has 0 aliphatic carbocycles. The maximum Gasteiger partial charge on any atom is 0.0378 e. The molecule has 0 amide bonds. The lowest BCUT2D eigenvalue weighted by molar-refractivity contribution is 0.682. The van der Waals surface area contributed by atoms with Gasteiger partial charge in [-0.2, -0.15) is 0 Å². The van der Waals surface area contributed by atoms with Gasteiger partial charge in [0.2, 0.25) is 0 Å². The largest absolute Gasteiger partial charge is 0.385 e. The Morgan fingerprint density at radius 1 is 1.23 bits per heavy atom. The van der Waals surface area contributed by atoms with Crippen LogP contribution in [0.2, 0.25) is 0 Å².